The molecule has 0 bridgehead atoms. The monoisotopic (exact) mass is 432 g/mol. The van der Waals surface area contributed by atoms with E-state index >= 15 is 0 Å². The topological polar surface area (TPSA) is 87.4 Å². The number of nitrogens with zero attached hydrogens (tertiary/aromatic N) is 5. The van der Waals surface area contributed by atoms with Gasteiger partial charge in [0.15, 0.2) is 0 Å². The number of hydrogen-bond donors (Lipinski definition) is 1. The molecule has 1 aliphatic rings. The van der Waals surface area contributed by atoms with E-state index in [9.17, 15) is 10.1 Å². The van der Waals surface area contributed by atoms with Crippen LogP contribution >= 0.6 is 0 Å². The van der Waals surface area contributed by atoms with Crippen LogP contribution in [0.15, 0.2) is 54.9 Å². The van der Waals surface area contributed by atoms with Crippen molar-refractivity contribution in [3.63, 3.8) is 0 Å². The molecule has 1 atom stereocenters. The number of nitrogens with one attached hydrogen (secondary N) is 1. The lowest BCUT2D eigenvalue weighted by atomic mass is 10.1. The molecule has 1 saturated heterocycles. The molecule has 1 fully saturated rings. The van der Waals surface area contributed by atoms with Crippen molar-refractivity contribution >= 4 is 23.0 Å². The molecular formula is C24H28N6O2. The van der Waals surface area contributed by atoms with Gasteiger partial charge >= 0.3 is 5.69 Å². The number of aromatic nitrogens is 2. The van der Waals surface area contributed by atoms with Crippen molar-refractivity contribution in [3.05, 3.63) is 81.7 Å². The summed E-state index contributed by atoms with van der Waals surface area (Å²) in [5, 5.41) is 15.2. The molecule has 2 heterocycles. The summed E-state index contributed by atoms with van der Waals surface area (Å²) in [6, 6.07) is 16.0. The SMILES string of the molecule is Cc1cccc(N2CCN(c3ncnc(NC(C)c4ccccc4)c3[N+](=O)[O-])CC2)c1C. The molecule has 0 amide bonds. The Hall–Kier alpha value is -3.68. The molecular weight excluding hydrogens is 404 g/mol. The van der Waals surface area contributed by atoms with Crippen molar-refractivity contribution in [1.82, 2.24) is 9.97 Å². The summed E-state index contributed by atoms with van der Waals surface area (Å²) in [5.74, 6) is 0.613. The molecule has 32 heavy (non-hydrogen) atoms. The Kier molecular flexibility index (Phi) is 6.20. The molecule has 1 aromatic heterocycles. The minimum absolute atomic E-state index is 0.0736. The van der Waals surface area contributed by atoms with Gasteiger partial charge in [0, 0.05) is 31.9 Å². The molecule has 4 rings (SSSR count). The fourth-order valence-corrected chi connectivity index (χ4v) is 4.14. The summed E-state index contributed by atoms with van der Waals surface area (Å²) in [4.78, 5) is 24.5. The van der Waals surface area contributed by atoms with Gasteiger partial charge in [-0.3, -0.25) is 10.1 Å². The van der Waals surface area contributed by atoms with Gasteiger partial charge in [0.1, 0.15) is 6.33 Å². The van der Waals surface area contributed by atoms with Crippen molar-refractivity contribution in [2.75, 3.05) is 41.3 Å². The van der Waals surface area contributed by atoms with Crippen molar-refractivity contribution < 1.29 is 4.92 Å². The smallest absolute Gasteiger partial charge is 0.353 e. The number of nitro groups is 1. The highest BCUT2D eigenvalue weighted by Crippen LogP contribution is 2.35. The molecule has 0 saturated carbocycles. The first-order valence-electron chi connectivity index (χ1n) is 10.8. The maximum Gasteiger partial charge on any atom is 0.353 e. The Bertz CT molecular complexity index is 1100. The molecule has 0 aliphatic carbocycles. The van der Waals surface area contributed by atoms with Crippen LogP contribution in [0, 0.1) is 24.0 Å². The molecule has 166 valence electrons. The van der Waals surface area contributed by atoms with E-state index < -0.39 is 0 Å². The van der Waals surface area contributed by atoms with Crippen LogP contribution in [-0.2, 0) is 0 Å². The molecule has 8 nitrogen and oxygen atoms in total. The Balaban J connectivity index is 1.55. The number of aryl methyl sites for hydroxylation is 1. The quantitative estimate of drug-likeness (QED) is 0.453. The Morgan fingerprint density at radius 3 is 2.34 bits per heavy atom. The maximum absolute atomic E-state index is 12.0. The number of benzene rings is 2. The summed E-state index contributed by atoms with van der Waals surface area (Å²) >= 11 is 0. The summed E-state index contributed by atoms with van der Waals surface area (Å²) in [5.41, 5.74) is 4.72. The molecule has 0 spiro atoms. The summed E-state index contributed by atoms with van der Waals surface area (Å²) in [6.45, 7) is 9.06. The van der Waals surface area contributed by atoms with Crippen molar-refractivity contribution in [3.8, 4) is 0 Å². The highest BCUT2D eigenvalue weighted by Gasteiger charge is 2.30. The second kappa shape index (κ2) is 9.21. The lowest BCUT2D eigenvalue weighted by molar-refractivity contribution is -0.383. The first-order chi connectivity index (χ1) is 15.5. The summed E-state index contributed by atoms with van der Waals surface area (Å²) in [6.07, 6.45) is 1.40. The molecule has 0 radical (unpaired) electrons. The Morgan fingerprint density at radius 2 is 1.66 bits per heavy atom. The van der Waals surface area contributed by atoms with Crippen LogP contribution in [0.25, 0.3) is 0 Å². The van der Waals surface area contributed by atoms with Crippen LogP contribution in [0.5, 0.6) is 0 Å². The predicted octanol–water partition coefficient (Wildman–Crippen LogP) is 4.50. The zero-order valence-electron chi connectivity index (χ0n) is 18.7. The lowest BCUT2D eigenvalue weighted by Crippen LogP contribution is -2.47. The minimum Gasteiger partial charge on any atom is -0.368 e. The highest BCUT2D eigenvalue weighted by atomic mass is 16.6. The lowest BCUT2D eigenvalue weighted by Gasteiger charge is -2.37. The molecule has 3 aromatic rings. The van der Waals surface area contributed by atoms with E-state index in [2.05, 4.69) is 52.2 Å². The van der Waals surface area contributed by atoms with Crippen LogP contribution in [0.3, 0.4) is 0 Å². The van der Waals surface area contributed by atoms with Gasteiger partial charge in [0.25, 0.3) is 0 Å². The zero-order valence-corrected chi connectivity index (χ0v) is 18.7. The average molecular weight is 433 g/mol. The molecule has 1 unspecified atom stereocenters. The van der Waals surface area contributed by atoms with Crippen molar-refractivity contribution in [2.24, 2.45) is 0 Å². The zero-order chi connectivity index (χ0) is 22.7. The predicted molar refractivity (Wildman–Crippen MR) is 128 cm³/mol. The standard InChI is InChI=1S/C24H28N6O2/c1-17-8-7-11-21(18(17)2)28-12-14-29(15-13-28)24-22(30(31)32)23(25-16-26-24)27-19(3)20-9-5-4-6-10-20/h4-11,16,19H,12-15H2,1-3H3,(H,25,26,27). The summed E-state index contributed by atoms with van der Waals surface area (Å²) < 4.78 is 0. The van der Waals surface area contributed by atoms with Crippen molar-refractivity contribution in [1.29, 1.82) is 0 Å². The third kappa shape index (κ3) is 4.34. The van der Waals surface area contributed by atoms with Gasteiger partial charge in [-0.15, -0.1) is 0 Å². The van der Waals surface area contributed by atoms with Crippen LogP contribution in [0.1, 0.15) is 29.7 Å². The first-order valence-corrected chi connectivity index (χ1v) is 10.8. The average Bonchev–Trinajstić information content (AvgIpc) is 2.81. The first kappa shape index (κ1) is 21.5. The van der Waals surface area contributed by atoms with Gasteiger partial charge < -0.3 is 15.1 Å². The van der Waals surface area contributed by atoms with Crippen molar-refractivity contribution in [2.45, 2.75) is 26.8 Å². The number of piperazine rings is 1. The third-order valence-corrected chi connectivity index (χ3v) is 6.13. The molecule has 1 aliphatic heterocycles. The fraction of sp³-hybridized carbons (Fsp3) is 0.333. The fourth-order valence-electron chi connectivity index (χ4n) is 4.14. The van der Waals surface area contributed by atoms with E-state index in [1.807, 2.05) is 42.2 Å². The second-order valence-corrected chi connectivity index (χ2v) is 8.12. The van der Waals surface area contributed by atoms with E-state index in [1.165, 1.54) is 23.1 Å². The normalized spacial score (nSPS) is 14.8. The van der Waals surface area contributed by atoms with Gasteiger partial charge in [0.05, 0.1) is 11.0 Å². The van der Waals surface area contributed by atoms with Gasteiger partial charge in [-0.25, -0.2) is 9.97 Å². The molecule has 8 heteroatoms. The van der Waals surface area contributed by atoms with E-state index in [1.54, 1.807) is 0 Å². The number of rotatable bonds is 6. The van der Waals surface area contributed by atoms with Gasteiger partial charge in [-0.2, -0.15) is 0 Å². The van der Waals surface area contributed by atoms with Gasteiger partial charge in [0.2, 0.25) is 11.6 Å². The largest absolute Gasteiger partial charge is 0.368 e. The number of anilines is 3. The second-order valence-electron chi connectivity index (χ2n) is 8.12. The Morgan fingerprint density at radius 1 is 0.969 bits per heavy atom. The summed E-state index contributed by atoms with van der Waals surface area (Å²) in [7, 11) is 0. The molecule has 1 N–H and O–H groups in total. The highest BCUT2D eigenvalue weighted by molar-refractivity contribution is 5.71. The van der Waals surface area contributed by atoms with E-state index in [-0.39, 0.29) is 22.5 Å². The van der Waals surface area contributed by atoms with Crippen LogP contribution < -0.4 is 15.1 Å². The van der Waals surface area contributed by atoms with E-state index in [0.717, 1.165) is 18.7 Å². The van der Waals surface area contributed by atoms with Gasteiger partial charge in [-0.05, 0) is 43.5 Å². The van der Waals surface area contributed by atoms with E-state index in [0.29, 0.717) is 18.9 Å². The maximum atomic E-state index is 12.0. The van der Waals surface area contributed by atoms with E-state index in [4.69, 9.17) is 0 Å². The minimum atomic E-state index is -0.382. The van der Waals surface area contributed by atoms with Crippen LogP contribution in [0.4, 0.5) is 23.0 Å². The van der Waals surface area contributed by atoms with Crippen LogP contribution in [-0.4, -0.2) is 41.1 Å². The molecule has 2 aromatic carbocycles. The Labute approximate surface area is 188 Å². The number of hydrogen-bond acceptors (Lipinski definition) is 7. The van der Waals surface area contributed by atoms with Crippen LogP contribution in [0.2, 0.25) is 0 Å². The third-order valence-electron chi connectivity index (χ3n) is 6.13. The van der Waals surface area contributed by atoms with Gasteiger partial charge in [-0.1, -0.05) is 42.5 Å².